The van der Waals surface area contributed by atoms with E-state index in [0.29, 0.717) is 15.6 Å². The van der Waals surface area contributed by atoms with Crippen LogP contribution in [-0.2, 0) is 32.6 Å². The third kappa shape index (κ3) is 7.38. The molecule has 0 radical (unpaired) electrons. The van der Waals surface area contributed by atoms with Crippen LogP contribution in [0.4, 0.5) is 5.69 Å². The van der Waals surface area contributed by atoms with Crippen LogP contribution in [0.15, 0.2) is 72.8 Å². The Morgan fingerprint density at radius 2 is 1.43 bits per heavy atom. The Labute approximate surface area is 232 Å². The number of nitrogens with one attached hydrogen (secondary N) is 1. The molecule has 11 heteroatoms. The van der Waals surface area contributed by atoms with Crippen LogP contribution < -0.4 is 9.62 Å². The summed E-state index contributed by atoms with van der Waals surface area (Å²) >= 11 is 19.1. The molecule has 3 rings (SSSR count). The quantitative estimate of drug-likeness (QED) is 0.372. The molecule has 0 fully saturated rings. The van der Waals surface area contributed by atoms with Crippen molar-refractivity contribution in [3.63, 3.8) is 0 Å². The first-order chi connectivity index (χ1) is 17.5. The molecule has 37 heavy (non-hydrogen) atoms. The van der Waals surface area contributed by atoms with E-state index in [1.54, 1.807) is 30.3 Å². The summed E-state index contributed by atoms with van der Waals surface area (Å²) in [4.78, 5) is 28.3. The van der Waals surface area contributed by atoms with E-state index < -0.39 is 34.4 Å². The Hall–Kier alpha value is -2.78. The van der Waals surface area contributed by atoms with Crippen molar-refractivity contribution in [3.8, 4) is 0 Å². The second kappa shape index (κ2) is 12.6. The van der Waals surface area contributed by atoms with Gasteiger partial charge in [-0.05, 0) is 29.8 Å². The number of carbonyl (C=O) groups is 2. The van der Waals surface area contributed by atoms with Gasteiger partial charge in [0, 0.05) is 35.6 Å². The monoisotopic (exact) mass is 581 g/mol. The van der Waals surface area contributed by atoms with Crippen molar-refractivity contribution in [2.24, 2.45) is 0 Å². The minimum atomic E-state index is -3.92. The molecule has 2 amide bonds. The molecule has 0 aliphatic carbocycles. The van der Waals surface area contributed by atoms with E-state index in [0.717, 1.165) is 16.1 Å². The van der Waals surface area contributed by atoms with Gasteiger partial charge >= 0.3 is 0 Å². The number of amides is 2. The number of hydrogen-bond acceptors (Lipinski definition) is 4. The van der Waals surface area contributed by atoms with E-state index in [-0.39, 0.29) is 23.7 Å². The smallest absolute Gasteiger partial charge is 0.244 e. The topological polar surface area (TPSA) is 86.8 Å². The molecular formula is C26H26Cl3N3O4S. The number of sulfonamides is 1. The fraction of sp³-hybridized carbons (Fsp3) is 0.231. The fourth-order valence-electron chi connectivity index (χ4n) is 3.82. The molecule has 3 aromatic rings. The van der Waals surface area contributed by atoms with Crippen LogP contribution in [0.1, 0.15) is 11.1 Å². The van der Waals surface area contributed by atoms with Crippen LogP contribution in [0, 0.1) is 0 Å². The van der Waals surface area contributed by atoms with Crippen molar-refractivity contribution in [2.45, 2.75) is 19.0 Å². The summed E-state index contributed by atoms with van der Waals surface area (Å²) in [5.74, 6) is -1.06. The standard InChI is InChI=1S/C26H26Cl3N3O4S/c1-30-26(34)24(15-18-9-4-3-5-10-18)31(16-19-20(27)12-8-13-21(19)28)25(33)17-32(37(2,35)36)23-14-7-6-11-22(23)29/h3-14,24H,15-17H2,1-2H3,(H,30,34). The summed E-state index contributed by atoms with van der Waals surface area (Å²) < 4.78 is 26.4. The molecule has 7 nitrogen and oxygen atoms in total. The lowest BCUT2D eigenvalue weighted by Crippen LogP contribution is -2.53. The summed E-state index contributed by atoms with van der Waals surface area (Å²) in [6, 6.07) is 19.4. The Morgan fingerprint density at radius 1 is 0.865 bits per heavy atom. The van der Waals surface area contributed by atoms with E-state index in [1.165, 1.54) is 24.1 Å². The lowest BCUT2D eigenvalue weighted by atomic mass is 10.0. The molecule has 0 saturated heterocycles. The number of hydrogen-bond donors (Lipinski definition) is 1. The van der Waals surface area contributed by atoms with Crippen LogP contribution in [0.25, 0.3) is 0 Å². The minimum absolute atomic E-state index is 0.123. The summed E-state index contributed by atoms with van der Waals surface area (Å²) in [6.45, 7) is -0.713. The van der Waals surface area contributed by atoms with Gasteiger partial charge in [0.05, 0.1) is 17.0 Å². The van der Waals surface area contributed by atoms with Gasteiger partial charge in [-0.15, -0.1) is 0 Å². The Morgan fingerprint density at radius 3 is 2.00 bits per heavy atom. The van der Waals surface area contributed by atoms with Gasteiger partial charge in [-0.1, -0.05) is 83.3 Å². The van der Waals surface area contributed by atoms with Crippen molar-refractivity contribution in [1.82, 2.24) is 10.2 Å². The molecule has 0 aliphatic rings. The molecule has 3 aromatic carbocycles. The number of nitrogens with zero attached hydrogens (tertiary/aromatic N) is 2. The maximum atomic E-state index is 13.9. The number of carbonyl (C=O) groups excluding carboxylic acids is 2. The van der Waals surface area contributed by atoms with E-state index in [2.05, 4.69) is 5.32 Å². The maximum Gasteiger partial charge on any atom is 0.244 e. The number of para-hydroxylation sites is 1. The minimum Gasteiger partial charge on any atom is -0.357 e. The highest BCUT2D eigenvalue weighted by Gasteiger charge is 2.33. The van der Waals surface area contributed by atoms with Gasteiger partial charge in [0.25, 0.3) is 0 Å². The molecule has 1 unspecified atom stereocenters. The average molecular weight is 583 g/mol. The zero-order chi connectivity index (χ0) is 27.2. The normalized spacial score (nSPS) is 12.0. The lowest BCUT2D eigenvalue weighted by molar-refractivity contribution is -0.139. The number of rotatable bonds is 10. The van der Waals surface area contributed by atoms with Crippen LogP contribution in [0.5, 0.6) is 0 Å². The number of halogens is 3. The molecule has 0 aliphatic heterocycles. The molecular weight excluding hydrogens is 557 g/mol. The highest BCUT2D eigenvalue weighted by molar-refractivity contribution is 7.92. The third-order valence-corrected chi connectivity index (χ3v) is 7.86. The van der Waals surface area contributed by atoms with Crippen molar-refractivity contribution >= 4 is 62.3 Å². The van der Waals surface area contributed by atoms with Gasteiger partial charge in [-0.2, -0.15) is 0 Å². The highest BCUT2D eigenvalue weighted by atomic mass is 35.5. The summed E-state index contributed by atoms with van der Waals surface area (Å²) in [6.07, 6.45) is 1.17. The van der Waals surface area contributed by atoms with Crippen molar-refractivity contribution in [1.29, 1.82) is 0 Å². The van der Waals surface area contributed by atoms with E-state index in [1.807, 2.05) is 30.3 Å². The van der Waals surface area contributed by atoms with Crippen LogP contribution in [-0.4, -0.2) is 51.0 Å². The van der Waals surface area contributed by atoms with Gasteiger partial charge in [0.15, 0.2) is 0 Å². The molecule has 0 bridgehead atoms. The maximum absolute atomic E-state index is 13.9. The predicted molar refractivity (Wildman–Crippen MR) is 149 cm³/mol. The second-order valence-electron chi connectivity index (χ2n) is 8.26. The lowest BCUT2D eigenvalue weighted by Gasteiger charge is -2.33. The number of likely N-dealkylation sites (N-methyl/N-ethyl adjacent to an activating group) is 1. The van der Waals surface area contributed by atoms with Gasteiger partial charge in [0.2, 0.25) is 21.8 Å². The van der Waals surface area contributed by atoms with E-state index in [9.17, 15) is 18.0 Å². The summed E-state index contributed by atoms with van der Waals surface area (Å²) in [5, 5.41) is 3.39. The zero-order valence-electron chi connectivity index (χ0n) is 20.2. The Balaban J connectivity index is 2.08. The van der Waals surface area contributed by atoms with Crippen LogP contribution in [0.3, 0.4) is 0 Å². The summed E-state index contributed by atoms with van der Waals surface area (Å²) in [5.41, 5.74) is 1.39. The van der Waals surface area contributed by atoms with Crippen LogP contribution >= 0.6 is 34.8 Å². The van der Waals surface area contributed by atoms with Crippen molar-refractivity contribution in [3.05, 3.63) is 99.0 Å². The second-order valence-corrected chi connectivity index (χ2v) is 11.4. The third-order valence-electron chi connectivity index (χ3n) is 5.71. The zero-order valence-corrected chi connectivity index (χ0v) is 23.3. The van der Waals surface area contributed by atoms with Crippen LogP contribution in [0.2, 0.25) is 15.1 Å². The molecule has 196 valence electrons. The Bertz CT molecular complexity index is 1350. The van der Waals surface area contributed by atoms with Gasteiger partial charge in [-0.3, -0.25) is 13.9 Å². The molecule has 1 atom stereocenters. The van der Waals surface area contributed by atoms with Crippen molar-refractivity contribution in [2.75, 3.05) is 24.2 Å². The molecule has 0 heterocycles. The van der Waals surface area contributed by atoms with Crippen molar-refractivity contribution < 1.29 is 18.0 Å². The number of benzene rings is 3. The predicted octanol–water partition coefficient (Wildman–Crippen LogP) is 4.80. The molecule has 1 N–H and O–H groups in total. The van der Waals surface area contributed by atoms with Gasteiger partial charge in [0.1, 0.15) is 12.6 Å². The first-order valence-corrected chi connectivity index (χ1v) is 14.2. The van der Waals surface area contributed by atoms with Gasteiger partial charge < -0.3 is 10.2 Å². The Kier molecular flexibility index (Phi) is 9.84. The fourth-order valence-corrected chi connectivity index (χ4v) is 5.49. The molecule has 0 spiro atoms. The van der Waals surface area contributed by atoms with E-state index in [4.69, 9.17) is 34.8 Å². The number of anilines is 1. The molecule has 0 saturated carbocycles. The van der Waals surface area contributed by atoms with Gasteiger partial charge in [-0.25, -0.2) is 8.42 Å². The highest BCUT2D eigenvalue weighted by Crippen LogP contribution is 2.29. The largest absolute Gasteiger partial charge is 0.357 e. The van der Waals surface area contributed by atoms with E-state index >= 15 is 0 Å². The summed E-state index contributed by atoms with van der Waals surface area (Å²) in [7, 11) is -2.45. The average Bonchev–Trinajstić information content (AvgIpc) is 2.86. The first-order valence-electron chi connectivity index (χ1n) is 11.2. The first kappa shape index (κ1) is 28.8. The SMILES string of the molecule is CNC(=O)C(Cc1ccccc1)N(Cc1c(Cl)cccc1Cl)C(=O)CN(c1ccccc1Cl)S(C)(=O)=O. The molecule has 0 aromatic heterocycles.